The van der Waals surface area contributed by atoms with E-state index in [0.29, 0.717) is 15.6 Å². The second-order valence-corrected chi connectivity index (χ2v) is 8.37. The Morgan fingerprint density at radius 3 is 2.38 bits per heavy atom. The van der Waals surface area contributed by atoms with E-state index >= 15 is 0 Å². The molecular formula is C19H16Cl2N2O2S. The average molecular weight is 407 g/mol. The lowest BCUT2D eigenvalue weighted by molar-refractivity contribution is 0.600. The van der Waals surface area contributed by atoms with E-state index in [1.54, 1.807) is 62.4 Å². The standard InChI is InChI=1S/C19H16Cl2N2O2S/c1-12-10-14(16-8-7-15(20)11-17(16)21)6-9-18(12)26(24,25)23-19-5-3-4-13(2)22-19/h3-11H,1-2H3,(H,22,23). The van der Waals surface area contributed by atoms with Gasteiger partial charge in [-0.05, 0) is 55.3 Å². The van der Waals surface area contributed by atoms with Crippen LogP contribution >= 0.6 is 23.2 Å². The van der Waals surface area contributed by atoms with E-state index in [-0.39, 0.29) is 10.7 Å². The maximum atomic E-state index is 12.7. The maximum absolute atomic E-state index is 12.7. The smallest absolute Gasteiger partial charge is 0.263 e. The van der Waals surface area contributed by atoms with Crippen LogP contribution in [0.2, 0.25) is 10.0 Å². The van der Waals surface area contributed by atoms with E-state index in [1.165, 1.54) is 0 Å². The molecule has 7 heteroatoms. The fourth-order valence-electron chi connectivity index (χ4n) is 2.63. The van der Waals surface area contributed by atoms with Crippen molar-refractivity contribution in [3.05, 3.63) is 75.9 Å². The molecule has 0 saturated heterocycles. The summed E-state index contributed by atoms with van der Waals surface area (Å²) in [5.74, 6) is 0.286. The van der Waals surface area contributed by atoms with Crippen LogP contribution in [-0.2, 0) is 10.0 Å². The molecule has 0 aliphatic carbocycles. The van der Waals surface area contributed by atoms with Gasteiger partial charge in [-0.15, -0.1) is 0 Å². The number of hydrogen-bond donors (Lipinski definition) is 1. The fraction of sp³-hybridized carbons (Fsp3) is 0.105. The summed E-state index contributed by atoms with van der Waals surface area (Å²) in [6, 6.07) is 15.4. The summed E-state index contributed by atoms with van der Waals surface area (Å²) < 4.78 is 27.9. The predicted octanol–water partition coefficient (Wildman–Crippen LogP) is 5.47. The zero-order valence-corrected chi connectivity index (χ0v) is 16.5. The Hall–Kier alpha value is -2.08. The average Bonchev–Trinajstić information content (AvgIpc) is 2.54. The molecule has 2 aromatic carbocycles. The molecule has 3 rings (SSSR count). The van der Waals surface area contributed by atoms with Crippen LogP contribution in [-0.4, -0.2) is 13.4 Å². The van der Waals surface area contributed by atoms with E-state index < -0.39 is 10.0 Å². The molecule has 0 fully saturated rings. The summed E-state index contributed by atoms with van der Waals surface area (Å²) in [6.07, 6.45) is 0. The minimum absolute atomic E-state index is 0.189. The van der Waals surface area contributed by atoms with E-state index in [0.717, 1.165) is 16.8 Å². The number of hydrogen-bond acceptors (Lipinski definition) is 3. The van der Waals surface area contributed by atoms with Gasteiger partial charge in [0.25, 0.3) is 10.0 Å². The maximum Gasteiger partial charge on any atom is 0.263 e. The Morgan fingerprint density at radius 1 is 0.962 bits per heavy atom. The third-order valence-electron chi connectivity index (χ3n) is 3.83. The van der Waals surface area contributed by atoms with E-state index in [9.17, 15) is 8.42 Å². The van der Waals surface area contributed by atoms with Gasteiger partial charge in [-0.1, -0.05) is 47.5 Å². The molecule has 1 N–H and O–H groups in total. The molecule has 0 atom stereocenters. The number of aromatic nitrogens is 1. The highest BCUT2D eigenvalue weighted by molar-refractivity contribution is 7.92. The van der Waals surface area contributed by atoms with E-state index in [4.69, 9.17) is 23.2 Å². The molecule has 0 amide bonds. The number of halogens is 2. The molecule has 0 aliphatic heterocycles. The normalized spacial score (nSPS) is 11.4. The Bertz CT molecular complexity index is 1080. The van der Waals surface area contributed by atoms with Crippen molar-refractivity contribution in [3.8, 4) is 11.1 Å². The van der Waals surface area contributed by atoms with Gasteiger partial charge in [0.05, 0.1) is 4.90 Å². The lowest BCUT2D eigenvalue weighted by Crippen LogP contribution is -2.15. The van der Waals surface area contributed by atoms with Gasteiger partial charge < -0.3 is 0 Å². The monoisotopic (exact) mass is 406 g/mol. The van der Waals surface area contributed by atoms with Crippen molar-refractivity contribution in [1.82, 2.24) is 4.98 Å². The van der Waals surface area contributed by atoms with Crippen LogP contribution in [0.5, 0.6) is 0 Å². The lowest BCUT2D eigenvalue weighted by atomic mass is 10.0. The van der Waals surface area contributed by atoms with Gasteiger partial charge >= 0.3 is 0 Å². The second-order valence-electron chi connectivity index (χ2n) is 5.87. The largest absolute Gasteiger partial charge is 0.263 e. The second kappa shape index (κ2) is 7.27. The Kier molecular flexibility index (Phi) is 5.23. The Balaban J connectivity index is 1.96. The molecule has 1 aromatic heterocycles. The summed E-state index contributed by atoms with van der Waals surface area (Å²) in [6.45, 7) is 3.54. The highest BCUT2D eigenvalue weighted by atomic mass is 35.5. The Morgan fingerprint density at radius 2 is 1.73 bits per heavy atom. The molecule has 0 bridgehead atoms. The molecule has 0 aliphatic rings. The molecule has 3 aromatic rings. The van der Waals surface area contributed by atoms with Gasteiger partial charge in [0.15, 0.2) is 0 Å². The van der Waals surface area contributed by atoms with Crippen LogP contribution < -0.4 is 4.72 Å². The van der Waals surface area contributed by atoms with Crippen molar-refractivity contribution in [2.75, 3.05) is 4.72 Å². The van der Waals surface area contributed by atoms with Gasteiger partial charge in [0.2, 0.25) is 0 Å². The summed E-state index contributed by atoms with van der Waals surface area (Å²) >= 11 is 12.2. The third kappa shape index (κ3) is 4.01. The van der Waals surface area contributed by atoms with Crippen LogP contribution in [0.3, 0.4) is 0 Å². The fourth-order valence-corrected chi connectivity index (χ4v) is 4.38. The molecule has 134 valence electrons. The van der Waals surface area contributed by atoms with E-state index in [2.05, 4.69) is 9.71 Å². The van der Waals surface area contributed by atoms with Gasteiger partial charge in [-0.25, -0.2) is 13.4 Å². The lowest BCUT2D eigenvalue weighted by Gasteiger charge is -2.12. The topological polar surface area (TPSA) is 59.1 Å². The highest BCUT2D eigenvalue weighted by Crippen LogP contribution is 2.32. The number of sulfonamides is 1. The first-order chi connectivity index (χ1) is 12.3. The number of pyridine rings is 1. The first-order valence-electron chi connectivity index (χ1n) is 7.79. The van der Waals surface area contributed by atoms with Crippen LogP contribution in [0.25, 0.3) is 11.1 Å². The molecule has 0 unspecified atom stereocenters. The van der Waals surface area contributed by atoms with Crippen LogP contribution in [0, 0.1) is 13.8 Å². The number of nitrogens with zero attached hydrogens (tertiary/aromatic N) is 1. The first-order valence-corrected chi connectivity index (χ1v) is 10.0. The highest BCUT2D eigenvalue weighted by Gasteiger charge is 2.18. The molecule has 4 nitrogen and oxygen atoms in total. The summed E-state index contributed by atoms with van der Waals surface area (Å²) in [4.78, 5) is 4.37. The number of nitrogens with one attached hydrogen (secondary N) is 1. The molecular weight excluding hydrogens is 391 g/mol. The molecule has 0 radical (unpaired) electrons. The SMILES string of the molecule is Cc1cccc(NS(=O)(=O)c2ccc(-c3ccc(Cl)cc3Cl)cc2C)n1. The molecule has 26 heavy (non-hydrogen) atoms. The first kappa shape index (κ1) is 18.7. The van der Waals surface area contributed by atoms with Crippen molar-refractivity contribution >= 4 is 39.0 Å². The van der Waals surface area contributed by atoms with Crippen molar-refractivity contribution in [2.45, 2.75) is 18.7 Å². The molecule has 1 heterocycles. The summed E-state index contributed by atoms with van der Waals surface area (Å²) in [5.41, 5.74) is 2.94. The summed E-state index contributed by atoms with van der Waals surface area (Å²) in [5, 5.41) is 1.05. The van der Waals surface area contributed by atoms with E-state index in [1.807, 2.05) is 6.07 Å². The molecule has 0 spiro atoms. The predicted molar refractivity (Wildman–Crippen MR) is 106 cm³/mol. The number of rotatable bonds is 4. The van der Waals surface area contributed by atoms with Crippen LogP contribution in [0.4, 0.5) is 5.82 Å². The van der Waals surface area contributed by atoms with Crippen molar-refractivity contribution in [1.29, 1.82) is 0 Å². The number of benzene rings is 2. The van der Waals surface area contributed by atoms with Gasteiger partial charge in [-0.2, -0.15) is 0 Å². The van der Waals surface area contributed by atoms with Crippen molar-refractivity contribution in [2.24, 2.45) is 0 Å². The van der Waals surface area contributed by atoms with Gasteiger partial charge in [0.1, 0.15) is 5.82 Å². The quantitative estimate of drug-likeness (QED) is 0.624. The minimum atomic E-state index is -3.74. The zero-order chi connectivity index (χ0) is 18.9. The van der Waals surface area contributed by atoms with Crippen molar-refractivity contribution in [3.63, 3.8) is 0 Å². The summed E-state index contributed by atoms with van der Waals surface area (Å²) in [7, 11) is -3.74. The zero-order valence-electron chi connectivity index (χ0n) is 14.1. The third-order valence-corrected chi connectivity index (χ3v) is 5.90. The Labute approximate surface area is 162 Å². The molecule has 0 saturated carbocycles. The van der Waals surface area contributed by atoms with Gasteiger partial charge in [0, 0.05) is 21.3 Å². The van der Waals surface area contributed by atoms with Gasteiger partial charge in [-0.3, -0.25) is 4.72 Å². The number of anilines is 1. The van der Waals surface area contributed by atoms with Crippen LogP contribution in [0.1, 0.15) is 11.3 Å². The van der Waals surface area contributed by atoms with Crippen molar-refractivity contribution < 1.29 is 8.42 Å². The number of aryl methyl sites for hydroxylation is 2. The minimum Gasteiger partial charge on any atom is -0.263 e. The van der Waals surface area contributed by atoms with Crippen LogP contribution in [0.15, 0.2) is 59.5 Å².